The van der Waals surface area contributed by atoms with E-state index in [0.717, 1.165) is 64.2 Å². The fraction of sp³-hybridized carbons (Fsp3) is 0.820. The lowest BCUT2D eigenvalue weighted by atomic mass is 9.96. The summed E-state index contributed by atoms with van der Waals surface area (Å²) >= 11 is 0. The highest BCUT2D eigenvalue weighted by molar-refractivity contribution is 5.76. The molecule has 0 spiro atoms. The van der Waals surface area contributed by atoms with Gasteiger partial charge in [0.15, 0.2) is 18.9 Å². The number of aliphatic hydroxyl groups excluding tert-OH is 11. The highest BCUT2D eigenvalue weighted by Crippen LogP contribution is 2.33. The van der Waals surface area contributed by atoms with E-state index >= 15 is 0 Å². The van der Waals surface area contributed by atoms with E-state index in [1.54, 1.807) is 6.08 Å². The van der Waals surface area contributed by atoms with Crippen molar-refractivity contribution < 1.29 is 89.4 Å². The number of hydrogen-bond acceptors (Lipinski definition) is 18. The normalized spacial score (nSPS) is 30.4. The molecule has 80 heavy (non-hydrogen) atoms. The van der Waals surface area contributed by atoms with Crippen molar-refractivity contribution in [2.45, 2.75) is 291 Å². The van der Waals surface area contributed by atoms with Gasteiger partial charge in [-0.05, 0) is 57.8 Å². The summed E-state index contributed by atoms with van der Waals surface area (Å²) in [5.74, 6) is -0.318. The summed E-state index contributed by atoms with van der Waals surface area (Å²) in [6.45, 7) is 1.57. The maximum absolute atomic E-state index is 13.3. The van der Waals surface area contributed by atoms with E-state index in [1.165, 1.54) is 96.3 Å². The molecule has 19 heteroatoms. The van der Waals surface area contributed by atoms with Gasteiger partial charge in [-0.15, -0.1) is 0 Å². The lowest BCUT2D eigenvalue weighted by Crippen LogP contribution is -2.66. The first-order chi connectivity index (χ1) is 38.8. The molecule has 1 amide bonds. The number of nitrogens with one attached hydrogen (secondary N) is 1. The number of ether oxygens (including phenoxy) is 6. The van der Waals surface area contributed by atoms with Gasteiger partial charge >= 0.3 is 0 Å². The molecule has 0 aromatic carbocycles. The van der Waals surface area contributed by atoms with E-state index in [1.807, 2.05) is 6.08 Å². The number of unbranched alkanes of at least 4 members (excludes halogenated alkanes) is 20. The minimum atomic E-state index is -1.98. The molecular weight excluding hydrogens is 1030 g/mol. The second kappa shape index (κ2) is 44.0. The van der Waals surface area contributed by atoms with Crippen molar-refractivity contribution in [1.82, 2.24) is 5.32 Å². The second-order valence-corrected chi connectivity index (χ2v) is 21.8. The zero-order chi connectivity index (χ0) is 58.3. The minimum absolute atomic E-state index is 0.189. The van der Waals surface area contributed by atoms with E-state index in [9.17, 15) is 61.0 Å². The van der Waals surface area contributed by atoms with Gasteiger partial charge in [-0.3, -0.25) is 4.79 Å². The Kier molecular flexibility index (Phi) is 39.5. The minimum Gasteiger partial charge on any atom is -0.394 e. The highest BCUT2D eigenvalue weighted by Gasteiger charge is 2.53. The van der Waals surface area contributed by atoms with Gasteiger partial charge in [0, 0.05) is 6.42 Å². The van der Waals surface area contributed by atoms with Crippen LogP contribution in [0.15, 0.2) is 60.8 Å². The molecule has 464 valence electrons. The number of hydrogen-bond donors (Lipinski definition) is 12. The van der Waals surface area contributed by atoms with Crippen LogP contribution in [0, 0.1) is 0 Å². The van der Waals surface area contributed by atoms with Crippen LogP contribution in [-0.4, -0.2) is 193 Å². The molecule has 17 atom stereocenters. The molecule has 17 unspecified atom stereocenters. The van der Waals surface area contributed by atoms with Gasteiger partial charge in [0.25, 0.3) is 0 Å². The number of carbonyl (C=O) groups excluding carboxylic acids is 1. The van der Waals surface area contributed by atoms with Gasteiger partial charge in [0.1, 0.15) is 73.2 Å². The fourth-order valence-corrected chi connectivity index (χ4v) is 10.1. The number of allylic oxidation sites excluding steroid dienone is 9. The molecule has 0 aromatic rings. The van der Waals surface area contributed by atoms with E-state index in [2.05, 4.69) is 67.8 Å². The van der Waals surface area contributed by atoms with E-state index in [4.69, 9.17) is 28.4 Å². The fourth-order valence-electron chi connectivity index (χ4n) is 10.1. The molecule has 0 radical (unpaired) electrons. The molecule has 3 rings (SSSR count). The Morgan fingerprint density at radius 1 is 0.463 bits per heavy atom. The smallest absolute Gasteiger partial charge is 0.220 e. The maximum atomic E-state index is 13.3. The quantitative estimate of drug-likeness (QED) is 0.0259. The zero-order valence-electron chi connectivity index (χ0n) is 48.3. The zero-order valence-corrected chi connectivity index (χ0v) is 48.3. The highest BCUT2D eigenvalue weighted by atomic mass is 16.8. The molecule has 3 fully saturated rings. The molecule has 3 aliphatic heterocycles. The number of aliphatic hydroxyl groups is 11. The average molecular weight is 1140 g/mol. The Labute approximate surface area is 477 Å². The lowest BCUT2D eigenvalue weighted by molar-refractivity contribution is -0.379. The van der Waals surface area contributed by atoms with Gasteiger partial charge in [0.2, 0.25) is 5.91 Å². The van der Waals surface area contributed by atoms with Gasteiger partial charge in [-0.25, -0.2) is 0 Å². The molecule has 3 heterocycles. The van der Waals surface area contributed by atoms with Crippen molar-refractivity contribution in [1.29, 1.82) is 0 Å². The van der Waals surface area contributed by atoms with Crippen molar-refractivity contribution in [2.75, 3.05) is 26.4 Å². The Morgan fingerprint density at radius 3 is 1.35 bits per heavy atom. The first-order valence-electron chi connectivity index (χ1n) is 30.5. The number of amides is 1. The third kappa shape index (κ3) is 27.5. The third-order valence-corrected chi connectivity index (χ3v) is 15.1. The van der Waals surface area contributed by atoms with Crippen molar-refractivity contribution in [3.05, 3.63) is 60.8 Å². The van der Waals surface area contributed by atoms with Crippen LogP contribution in [0.25, 0.3) is 0 Å². The molecular formula is C61H107NO18. The summed E-state index contributed by atoms with van der Waals surface area (Å²) in [5.41, 5.74) is 0. The predicted octanol–water partition coefficient (Wildman–Crippen LogP) is 5.65. The molecule has 0 saturated carbocycles. The summed E-state index contributed by atoms with van der Waals surface area (Å²) in [6.07, 6.45) is 23.5. The average Bonchev–Trinajstić information content (AvgIpc) is 3.50. The Bertz CT molecular complexity index is 1700. The third-order valence-electron chi connectivity index (χ3n) is 15.1. The summed E-state index contributed by atoms with van der Waals surface area (Å²) in [4.78, 5) is 13.3. The van der Waals surface area contributed by atoms with Crippen LogP contribution in [0.3, 0.4) is 0 Å². The second-order valence-electron chi connectivity index (χ2n) is 21.8. The first kappa shape index (κ1) is 71.8. The topological polar surface area (TPSA) is 307 Å². The maximum Gasteiger partial charge on any atom is 0.220 e. The van der Waals surface area contributed by atoms with Gasteiger partial charge in [-0.1, -0.05) is 184 Å². The standard InChI is InChI=1S/C61H107NO18/c1-3-5-7-9-11-13-15-17-19-20-21-22-23-25-26-28-30-32-34-36-38-45(66)44(62-49(67)39-37-35-33-31-29-27-24-18-16-14-12-10-8-6-4-2)43-75-59-55(73)52(70)57(47(41-64)77-59)80-61-56(74)53(71)58(48(42-65)78-61)79-60-54(72)51(69)50(68)46(40-63)76-60/h6,8,12,14,18,24,29,31,36,38,44-48,50-61,63-66,68-74H,3-5,7,9-11,13,15-17,19-23,25-28,30,32-35,37,39-43H2,1-2H3,(H,62,67)/b8-6-,14-12-,24-18-,31-29-,38-36+. The van der Waals surface area contributed by atoms with Crippen molar-refractivity contribution in [3.8, 4) is 0 Å². The van der Waals surface area contributed by atoms with Crippen LogP contribution in [0.2, 0.25) is 0 Å². The largest absolute Gasteiger partial charge is 0.394 e. The Morgan fingerprint density at radius 2 is 0.863 bits per heavy atom. The van der Waals surface area contributed by atoms with Crippen LogP contribution in [0.5, 0.6) is 0 Å². The van der Waals surface area contributed by atoms with Gasteiger partial charge in [-0.2, -0.15) is 0 Å². The van der Waals surface area contributed by atoms with Crippen LogP contribution in [0.1, 0.15) is 187 Å². The summed E-state index contributed by atoms with van der Waals surface area (Å²) in [7, 11) is 0. The molecule has 3 aliphatic rings. The Hall–Kier alpha value is -2.51. The van der Waals surface area contributed by atoms with Crippen LogP contribution in [0.4, 0.5) is 0 Å². The SMILES string of the molecule is CC/C=C\C/C=C\C/C=C\C/C=C\CCCCC(=O)NC(COC1OC(CO)C(OC2OC(CO)C(OC3OC(CO)C(O)C(O)C3O)C(O)C2O)C(O)C1O)C(O)/C=C/CCCCCCCCCCCCCCCCCCCC. The van der Waals surface area contributed by atoms with Crippen LogP contribution >= 0.6 is 0 Å². The van der Waals surface area contributed by atoms with Crippen molar-refractivity contribution in [3.63, 3.8) is 0 Å². The molecule has 12 N–H and O–H groups in total. The number of rotatable bonds is 44. The van der Waals surface area contributed by atoms with Gasteiger partial charge < -0.3 is 89.9 Å². The summed E-state index contributed by atoms with van der Waals surface area (Å²) in [5, 5.41) is 120. The molecule has 19 nitrogen and oxygen atoms in total. The van der Waals surface area contributed by atoms with Crippen molar-refractivity contribution >= 4 is 5.91 Å². The van der Waals surface area contributed by atoms with Crippen LogP contribution < -0.4 is 5.32 Å². The predicted molar refractivity (Wildman–Crippen MR) is 305 cm³/mol. The molecule has 0 aliphatic carbocycles. The van der Waals surface area contributed by atoms with Crippen LogP contribution in [-0.2, 0) is 33.2 Å². The molecule has 0 aromatic heterocycles. The van der Waals surface area contributed by atoms with Crippen molar-refractivity contribution in [2.24, 2.45) is 0 Å². The monoisotopic (exact) mass is 1140 g/mol. The van der Waals surface area contributed by atoms with E-state index < -0.39 is 124 Å². The molecule has 0 bridgehead atoms. The Balaban J connectivity index is 1.51. The first-order valence-corrected chi connectivity index (χ1v) is 30.5. The molecule has 3 saturated heterocycles. The van der Waals surface area contributed by atoms with Gasteiger partial charge in [0.05, 0.1) is 38.6 Å². The van der Waals surface area contributed by atoms with E-state index in [0.29, 0.717) is 6.42 Å². The number of carbonyl (C=O) groups is 1. The lowest BCUT2D eigenvalue weighted by Gasteiger charge is -2.48. The van der Waals surface area contributed by atoms with E-state index in [-0.39, 0.29) is 18.9 Å². The summed E-state index contributed by atoms with van der Waals surface area (Å²) < 4.78 is 34.2. The summed E-state index contributed by atoms with van der Waals surface area (Å²) in [6, 6.07) is -0.997.